The van der Waals surface area contributed by atoms with Crippen LogP contribution in [0.25, 0.3) is 0 Å². The third-order valence-electron chi connectivity index (χ3n) is 3.78. The van der Waals surface area contributed by atoms with Gasteiger partial charge in [-0.25, -0.2) is 0 Å². The first-order valence-electron chi connectivity index (χ1n) is 7.57. The number of hydrogen-bond acceptors (Lipinski definition) is 4. The van der Waals surface area contributed by atoms with Crippen LogP contribution in [-0.2, 0) is 16.1 Å². The van der Waals surface area contributed by atoms with Crippen molar-refractivity contribution in [2.24, 2.45) is 0 Å². The zero-order chi connectivity index (χ0) is 14.7. The molecule has 114 valence electrons. The number of amides is 2. The smallest absolute Gasteiger partial charge is 0.241 e. The third-order valence-corrected chi connectivity index (χ3v) is 3.78. The highest BCUT2D eigenvalue weighted by Crippen LogP contribution is 2.18. The summed E-state index contributed by atoms with van der Waals surface area (Å²) in [5.74, 6) is -0.0656. The van der Waals surface area contributed by atoms with Crippen molar-refractivity contribution in [1.82, 2.24) is 20.4 Å². The van der Waals surface area contributed by atoms with Crippen LogP contribution in [0.1, 0.15) is 32.1 Å². The Labute approximate surface area is 123 Å². The number of aromatic nitrogens is 2. The summed E-state index contributed by atoms with van der Waals surface area (Å²) in [5, 5.41) is 13.1. The van der Waals surface area contributed by atoms with Gasteiger partial charge in [0.1, 0.15) is 6.54 Å². The van der Waals surface area contributed by atoms with Crippen molar-refractivity contribution >= 4 is 17.5 Å². The Hall–Kier alpha value is -1.89. The summed E-state index contributed by atoms with van der Waals surface area (Å²) in [5.41, 5.74) is 0.631. The molecule has 1 saturated carbocycles. The summed E-state index contributed by atoms with van der Waals surface area (Å²) in [4.78, 5) is 23.7. The highest BCUT2D eigenvalue weighted by molar-refractivity contribution is 5.94. The number of carbonyl (C=O) groups excluding carboxylic acids is 2. The van der Waals surface area contributed by atoms with E-state index in [1.165, 1.54) is 0 Å². The van der Waals surface area contributed by atoms with E-state index in [1.54, 1.807) is 17.1 Å². The van der Waals surface area contributed by atoms with Crippen LogP contribution in [0.15, 0.2) is 12.4 Å². The summed E-state index contributed by atoms with van der Waals surface area (Å²) < 4.78 is 1.54. The first-order chi connectivity index (χ1) is 10.2. The van der Waals surface area contributed by atoms with Gasteiger partial charge in [-0.15, -0.1) is 0 Å². The van der Waals surface area contributed by atoms with Crippen molar-refractivity contribution in [3.05, 3.63) is 12.4 Å². The van der Waals surface area contributed by atoms with Crippen LogP contribution in [0.2, 0.25) is 0 Å². The lowest BCUT2D eigenvalue weighted by Gasteiger charge is -2.22. The number of nitrogens with zero attached hydrogens (tertiary/aromatic N) is 2. The van der Waals surface area contributed by atoms with E-state index in [0.29, 0.717) is 11.7 Å². The molecular formula is C14H21N5O2. The molecule has 2 amide bonds. The maximum absolute atomic E-state index is 12.1. The normalized spacial score (nSPS) is 21.8. The molecule has 1 aromatic heterocycles. The molecule has 7 heteroatoms. The summed E-state index contributed by atoms with van der Waals surface area (Å²) in [6, 6.07) is 0.227. The number of carbonyl (C=O) groups is 2. The van der Waals surface area contributed by atoms with Gasteiger partial charge in [0.05, 0.1) is 17.9 Å². The number of piperidine rings is 1. The summed E-state index contributed by atoms with van der Waals surface area (Å²) in [6.07, 6.45) is 8.46. The Morgan fingerprint density at radius 2 is 2.19 bits per heavy atom. The predicted molar refractivity (Wildman–Crippen MR) is 77.7 cm³/mol. The molecule has 3 rings (SSSR count). The van der Waals surface area contributed by atoms with E-state index in [2.05, 4.69) is 21.0 Å². The van der Waals surface area contributed by atoms with Gasteiger partial charge in [0.25, 0.3) is 0 Å². The molecule has 2 heterocycles. The number of rotatable bonds is 5. The maximum Gasteiger partial charge on any atom is 0.241 e. The van der Waals surface area contributed by atoms with Gasteiger partial charge in [-0.1, -0.05) is 6.42 Å². The molecule has 0 unspecified atom stereocenters. The zero-order valence-corrected chi connectivity index (χ0v) is 12.0. The largest absolute Gasteiger partial charge is 0.352 e. The lowest BCUT2D eigenvalue weighted by atomic mass is 10.0. The van der Waals surface area contributed by atoms with Gasteiger partial charge in [-0.2, -0.15) is 5.10 Å². The second-order valence-corrected chi connectivity index (χ2v) is 5.76. The Kier molecular flexibility index (Phi) is 4.19. The fourth-order valence-corrected chi connectivity index (χ4v) is 2.47. The second kappa shape index (κ2) is 6.26. The van der Waals surface area contributed by atoms with Gasteiger partial charge in [-0.05, 0) is 32.2 Å². The van der Waals surface area contributed by atoms with Crippen LogP contribution in [0.4, 0.5) is 5.69 Å². The molecule has 3 N–H and O–H groups in total. The average Bonchev–Trinajstić information content (AvgIpc) is 3.19. The van der Waals surface area contributed by atoms with Gasteiger partial charge >= 0.3 is 0 Å². The Bertz CT molecular complexity index is 517. The van der Waals surface area contributed by atoms with Crippen molar-refractivity contribution in [1.29, 1.82) is 0 Å². The van der Waals surface area contributed by atoms with Crippen LogP contribution < -0.4 is 16.0 Å². The molecular weight excluding hydrogens is 270 g/mol. The number of anilines is 1. The van der Waals surface area contributed by atoms with Crippen LogP contribution >= 0.6 is 0 Å². The molecule has 0 radical (unpaired) electrons. The first-order valence-corrected chi connectivity index (χ1v) is 7.57. The summed E-state index contributed by atoms with van der Waals surface area (Å²) >= 11 is 0. The lowest BCUT2D eigenvalue weighted by Crippen LogP contribution is -2.43. The van der Waals surface area contributed by atoms with E-state index in [4.69, 9.17) is 0 Å². The molecule has 0 bridgehead atoms. The van der Waals surface area contributed by atoms with E-state index in [-0.39, 0.29) is 24.4 Å². The van der Waals surface area contributed by atoms with Gasteiger partial charge in [-0.3, -0.25) is 14.3 Å². The fourth-order valence-electron chi connectivity index (χ4n) is 2.47. The van der Waals surface area contributed by atoms with E-state index in [1.807, 2.05) is 0 Å². The van der Waals surface area contributed by atoms with Gasteiger partial charge < -0.3 is 16.0 Å². The van der Waals surface area contributed by atoms with Crippen LogP contribution in [-0.4, -0.2) is 40.2 Å². The SMILES string of the molecule is O=C(Cn1cc(NC(=O)[C@H]2CCCCN2)cn1)NC1CC1. The monoisotopic (exact) mass is 291 g/mol. The Morgan fingerprint density at radius 1 is 1.33 bits per heavy atom. The molecule has 1 aliphatic carbocycles. The summed E-state index contributed by atoms with van der Waals surface area (Å²) in [6.45, 7) is 1.08. The predicted octanol–water partition coefficient (Wildman–Crippen LogP) is 0.242. The maximum atomic E-state index is 12.1. The van der Waals surface area contributed by atoms with E-state index < -0.39 is 0 Å². The van der Waals surface area contributed by atoms with Crippen molar-refractivity contribution in [2.45, 2.75) is 50.7 Å². The lowest BCUT2D eigenvalue weighted by molar-refractivity contribution is -0.122. The minimum Gasteiger partial charge on any atom is -0.352 e. The topological polar surface area (TPSA) is 88.1 Å². The standard InChI is InChI=1S/C14H21N5O2/c20-13(17-10-4-5-10)9-19-8-11(7-16-19)18-14(21)12-3-1-2-6-15-12/h7-8,10,12,15H,1-6,9H2,(H,17,20)(H,18,21)/t12-/m1/s1. The molecule has 2 fully saturated rings. The van der Waals surface area contributed by atoms with Crippen LogP contribution in [0.3, 0.4) is 0 Å². The molecule has 2 aliphatic rings. The second-order valence-electron chi connectivity index (χ2n) is 5.76. The minimum absolute atomic E-state index is 0.0309. The molecule has 0 spiro atoms. The van der Waals surface area contributed by atoms with Gasteiger partial charge in [0.2, 0.25) is 11.8 Å². The Morgan fingerprint density at radius 3 is 2.90 bits per heavy atom. The molecule has 1 aliphatic heterocycles. The zero-order valence-electron chi connectivity index (χ0n) is 12.0. The number of hydrogen-bond donors (Lipinski definition) is 3. The van der Waals surface area contributed by atoms with Crippen LogP contribution in [0, 0.1) is 0 Å². The molecule has 7 nitrogen and oxygen atoms in total. The molecule has 1 saturated heterocycles. The highest BCUT2D eigenvalue weighted by atomic mass is 16.2. The van der Waals surface area contributed by atoms with Gasteiger partial charge in [0, 0.05) is 12.2 Å². The van der Waals surface area contributed by atoms with Crippen molar-refractivity contribution in [3.63, 3.8) is 0 Å². The molecule has 1 atom stereocenters. The molecule has 21 heavy (non-hydrogen) atoms. The fraction of sp³-hybridized carbons (Fsp3) is 0.643. The quantitative estimate of drug-likeness (QED) is 0.725. The van der Waals surface area contributed by atoms with E-state index >= 15 is 0 Å². The third kappa shape index (κ3) is 4.04. The molecule has 1 aromatic rings. The minimum atomic E-state index is -0.125. The first kappa shape index (κ1) is 14.1. The van der Waals surface area contributed by atoms with Gasteiger partial charge in [0.15, 0.2) is 0 Å². The van der Waals surface area contributed by atoms with Crippen molar-refractivity contribution in [2.75, 3.05) is 11.9 Å². The highest BCUT2D eigenvalue weighted by Gasteiger charge is 2.23. The van der Waals surface area contributed by atoms with Crippen molar-refractivity contribution < 1.29 is 9.59 Å². The Balaban J connectivity index is 1.49. The number of nitrogens with one attached hydrogen (secondary N) is 3. The summed E-state index contributed by atoms with van der Waals surface area (Å²) in [7, 11) is 0. The van der Waals surface area contributed by atoms with Crippen molar-refractivity contribution in [3.8, 4) is 0 Å². The van der Waals surface area contributed by atoms with Crippen LogP contribution in [0.5, 0.6) is 0 Å². The van der Waals surface area contributed by atoms with E-state index in [9.17, 15) is 9.59 Å². The average molecular weight is 291 g/mol. The molecule has 0 aromatic carbocycles. The van der Waals surface area contributed by atoms with E-state index in [0.717, 1.165) is 38.6 Å².